The molecule has 162 valence electrons. The fraction of sp³-hybridized carbons (Fsp3) is 0.545. The number of allylic oxidation sites excluding steroid dienone is 1. The van der Waals surface area contributed by atoms with Crippen molar-refractivity contribution < 1.29 is 28.1 Å². The van der Waals surface area contributed by atoms with E-state index < -0.39 is 39.4 Å². The molecular formula is C22H31FO5S. The Hall–Kier alpha value is -1.70. The van der Waals surface area contributed by atoms with Crippen LogP contribution >= 0.6 is 0 Å². The maximum absolute atomic E-state index is 13.6. The van der Waals surface area contributed by atoms with Gasteiger partial charge in [0.25, 0.3) is 0 Å². The zero-order chi connectivity index (χ0) is 21.6. The van der Waals surface area contributed by atoms with Gasteiger partial charge in [-0.15, -0.1) is 0 Å². The van der Waals surface area contributed by atoms with E-state index in [1.165, 1.54) is 12.1 Å². The van der Waals surface area contributed by atoms with Crippen LogP contribution < -0.4 is 0 Å². The Morgan fingerprint density at radius 2 is 2.00 bits per heavy atom. The highest BCUT2D eigenvalue weighted by Gasteiger charge is 2.40. The number of aliphatic hydroxyl groups excluding tert-OH is 2. The predicted octanol–water partition coefficient (Wildman–Crippen LogP) is 3.74. The molecule has 0 unspecified atom stereocenters. The number of hydrogen-bond donors (Lipinski definition) is 3. The molecule has 5 nitrogen and oxygen atoms in total. The summed E-state index contributed by atoms with van der Waals surface area (Å²) in [6.07, 6.45) is 4.76. The molecule has 7 heteroatoms. The van der Waals surface area contributed by atoms with E-state index in [1.807, 2.05) is 19.9 Å². The second kappa shape index (κ2) is 10.4. The van der Waals surface area contributed by atoms with E-state index >= 15 is 0 Å². The van der Waals surface area contributed by atoms with Crippen molar-refractivity contribution in [1.82, 2.24) is 0 Å². The fourth-order valence-electron chi connectivity index (χ4n) is 3.94. The Bertz CT molecular complexity index is 873. The van der Waals surface area contributed by atoms with Gasteiger partial charge in [-0.3, -0.25) is 0 Å². The van der Waals surface area contributed by atoms with E-state index in [4.69, 9.17) is 0 Å². The van der Waals surface area contributed by atoms with E-state index in [0.717, 1.165) is 30.4 Å². The summed E-state index contributed by atoms with van der Waals surface area (Å²) in [7, 11) is -3.47. The Morgan fingerprint density at radius 3 is 2.59 bits per heavy atom. The number of aromatic hydroxyl groups is 1. The summed E-state index contributed by atoms with van der Waals surface area (Å²) in [6.45, 7) is 3.45. The van der Waals surface area contributed by atoms with Crippen LogP contribution in [0, 0.1) is 5.82 Å². The lowest BCUT2D eigenvalue weighted by Gasteiger charge is -2.20. The average molecular weight is 427 g/mol. The van der Waals surface area contributed by atoms with Crippen LogP contribution in [0.2, 0.25) is 0 Å². The highest BCUT2D eigenvalue weighted by atomic mass is 32.2. The second-order valence-electron chi connectivity index (χ2n) is 7.61. The Morgan fingerprint density at radius 1 is 1.28 bits per heavy atom. The number of hydrogen-bond acceptors (Lipinski definition) is 5. The van der Waals surface area contributed by atoms with Crippen LogP contribution in [0.4, 0.5) is 4.39 Å². The molecule has 1 heterocycles. The molecule has 3 N–H and O–H groups in total. The molecule has 29 heavy (non-hydrogen) atoms. The van der Waals surface area contributed by atoms with E-state index in [9.17, 15) is 28.1 Å². The predicted molar refractivity (Wildman–Crippen MR) is 113 cm³/mol. The van der Waals surface area contributed by atoms with Crippen LogP contribution in [0.25, 0.3) is 6.08 Å². The molecule has 1 aromatic rings. The maximum atomic E-state index is 13.6. The van der Waals surface area contributed by atoms with Crippen molar-refractivity contribution in [3.8, 4) is 5.75 Å². The quantitative estimate of drug-likeness (QED) is 0.496. The first kappa shape index (κ1) is 23.6. The number of phenolic OH excluding ortho intramolecular Hbond substituents is 1. The standard InChI is InChI=1S/C22H31FO5S/c1-3-5-15(11-16-8-9-19(25)18(23)12-16)7-10-20(26)22-17(6-4-2)14-29(27,28)21(22)13-24/h8-9,11-12,20-21,24-26H,3-7,10,13-14H2,1-2H3/b15-11+/t20-,21+/m1/s1. The highest BCUT2D eigenvalue weighted by molar-refractivity contribution is 7.92. The van der Waals surface area contributed by atoms with Crippen molar-refractivity contribution in [2.75, 3.05) is 12.4 Å². The SMILES string of the molecule is CCCC1=C([C@H](O)CC/C(=C/c2ccc(O)c(F)c2)CCC)[C@H](CO)S(=O)(=O)C1. The minimum atomic E-state index is -3.47. The van der Waals surface area contributed by atoms with Gasteiger partial charge in [-0.05, 0) is 49.0 Å². The van der Waals surface area contributed by atoms with Gasteiger partial charge in [-0.25, -0.2) is 12.8 Å². The normalized spacial score (nSPS) is 20.3. The van der Waals surface area contributed by atoms with Gasteiger partial charge in [-0.2, -0.15) is 0 Å². The number of phenols is 1. The number of halogens is 1. The third kappa shape index (κ3) is 5.90. The first-order chi connectivity index (χ1) is 13.7. The lowest BCUT2D eigenvalue weighted by molar-refractivity contribution is 0.188. The zero-order valence-corrected chi connectivity index (χ0v) is 17.9. The van der Waals surface area contributed by atoms with Crippen molar-refractivity contribution in [1.29, 1.82) is 0 Å². The summed E-state index contributed by atoms with van der Waals surface area (Å²) in [5.41, 5.74) is 2.82. The van der Waals surface area contributed by atoms with Crippen LogP contribution in [-0.4, -0.2) is 47.5 Å². The molecule has 0 radical (unpaired) electrons. The Labute approximate surface area is 172 Å². The van der Waals surface area contributed by atoms with Crippen LogP contribution in [-0.2, 0) is 9.84 Å². The molecule has 0 amide bonds. The van der Waals surface area contributed by atoms with Crippen LogP contribution in [0.5, 0.6) is 5.75 Å². The van der Waals surface area contributed by atoms with Crippen LogP contribution in [0.3, 0.4) is 0 Å². The van der Waals surface area contributed by atoms with Crippen LogP contribution in [0.15, 0.2) is 34.9 Å². The van der Waals surface area contributed by atoms with Crippen molar-refractivity contribution in [3.63, 3.8) is 0 Å². The maximum Gasteiger partial charge on any atom is 0.165 e. The topological polar surface area (TPSA) is 94.8 Å². The Kier molecular flexibility index (Phi) is 8.43. The van der Waals surface area contributed by atoms with Gasteiger partial charge >= 0.3 is 0 Å². The van der Waals surface area contributed by atoms with Gasteiger partial charge in [0.05, 0.1) is 18.5 Å². The molecule has 0 bridgehead atoms. The first-order valence-corrected chi connectivity index (χ1v) is 11.8. The fourth-order valence-corrected chi connectivity index (χ4v) is 5.88. The minimum Gasteiger partial charge on any atom is -0.505 e. The van der Waals surface area contributed by atoms with Gasteiger partial charge in [0, 0.05) is 0 Å². The third-order valence-electron chi connectivity index (χ3n) is 5.29. The highest BCUT2D eigenvalue weighted by Crippen LogP contribution is 2.34. The molecule has 0 spiro atoms. The van der Waals surface area contributed by atoms with Gasteiger partial charge in [0.15, 0.2) is 21.4 Å². The second-order valence-corrected chi connectivity index (χ2v) is 9.79. The molecule has 1 aromatic carbocycles. The number of aliphatic hydroxyl groups is 2. The van der Waals surface area contributed by atoms with Crippen molar-refractivity contribution in [3.05, 3.63) is 46.3 Å². The summed E-state index contributed by atoms with van der Waals surface area (Å²) in [4.78, 5) is 0. The molecule has 0 aromatic heterocycles. The monoisotopic (exact) mass is 426 g/mol. The number of benzene rings is 1. The van der Waals surface area contributed by atoms with E-state index in [0.29, 0.717) is 30.4 Å². The summed E-state index contributed by atoms with van der Waals surface area (Å²) in [6, 6.07) is 4.18. The molecule has 2 atom stereocenters. The largest absolute Gasteiger partial charge is 0.505 e. The van der Waals surface area contributed by atoms with Gasteiger partial charge < -0.3 is 15.3 Å². The Balaban J connectivity index is 2.20. The van der Waals surface area contributed by atoms with Gasteiger partial charge in [-0.1, -0.05) is 50.0 Å². The third-order valence-corrected chi connectivity index (χ3v) is 7.31. The van der Waals surface area contributed by atoms with E-state index in [2.05, 4.69) is 0 Å². The molecule has 0 saturated carbocycles. The van der Waals surface area contributed by atoms with Crippen molar-refractivity contribution >= 4 is 15.9 Å². The summed E-state index contributed by atoms with van der Waals surface area (Å²) in [5, 5.41) is 28.7. The first-order valence-electron chi connectivity index (χ1n) is 10.1. The molecule has 2 rings (SSSR count). The van der Waals surface area contributed by atoms with E-state index in [-0.39, 0.29) is 5.75 Å². The lowest BCUT2D eigenvalue weighted by atomic mass is 9.92. The molecule has 0 fully saturated rings. The van der Waals surface area contributed by atoms with Crippen molar-refractivity contribution in [2.24, 2.45) is 0 Å². The summed E-state index contributed by atoms with van der Waals surface area (Å²) < 4.78 is 38.3. The zero-order valence-electron chi connectivity index (χ0n) is 17.1. The van der Waals surface area contributed by atoms with Gasteiger partial charge in [0.2, 0.25) is 0 Å². The smallest absolute Gasteiger partial charge is 0.165 e. The van der Waals surface area contributed by atoms with E-state index in [1.54, 1.807) is 6.07 Å². The molecule has 1 aliphatic rings. The minimum absolute atomic E-state index is 0.0943. The summed E-state index contributed by atoms with van der Waals surface area (Å²) >= 11 is 0. The molecular weight excluding hydrogens is 395 g/mol. The van der Waals surface area contributed by atoms with Crippen LogP contribution in [0.1, 0.15) is 57.9 Å². The molecule has 1 aliphatic heterocycles. The lowest BCUT2D eigenvalue weighted by Crippen LogP contribution is -2.29. The molecule has 0 saturated heterocycles. The van der Waals surface area contributed by atoms with Gasteiger partial charge in [0.1, 0.15) is 5.25 Å². The molecule has 0 aliphatic carbocycles. The number of rotatable bonds is 10. The number of sulfone groups is 1. The average Bonchev–Trinajstić information content (AvgIpc) is 2.92. The summed E-state index contributed by atoms with van der Waals surface area (Å²) in [5.74, 6) is -1.18. The van der Waals surface area contributed by atoms with Crippen molar-refractivity contribution in [2.45, 2.75) is 63.7 Å².